The molecule has 2 aromatic heterocycles. The Labute approximate surface area is 318 Å². The van der Waals surface area contributed by atoms with Crippen LogP contribution in [0, 0.1) is 0 Å². The third-order valence-corrected chi connectivity index (χ3v) is 11.0. The van der Waals surface area contributed by atoms with Crippen LogP contribution in [0.5, 0.6) is 0 Å². The molecule has 9 aromatic carbocycles. The van der Waals surface area contributed by atoms with Gasteiger partial charge in [0.05, 0.1) is 22.4 Å². The Morgan fingerprint density at radius 1 is 0.382 bits per heavy atom. The van der Waals surface area contributed by atoms with Crippen molar-refractivity contribution in [3.05, 3.63) is 206 Å². The molecule has 0 aliphatic carbocycles. The molecule has 258 valence electrons. The molecule has 0 spiro atoms. The number of aromatic nitrogens is 1. The largest absolute Gasteiger partial charge is 0.454 e. The summed E-state index contributed by atoms with van der Waals surface area (Å²) in [5.41, 5.74) is 12.9. The molecule has 55 heavy (non-hydrogen) atoms. The van der Waals surface area contributed by atoms with Crippen molar-refractivity contribution >= 4 is 71.6 Å². The molecule has 2 heterocycles. The molecular formula is C52H34N2O. The fraction of sp³-hybridized carbons (Fsp3) is 0. The van der Waals surface area contributed by atoms with Crippen LogP contribution in [-0.2, 0) is 0 Å². The standard InChI is InChI=1S/C52H34N2O/c1-3-15-36(16-4-1)46-33-37(41-24-13-18-35-17-7-8-21-40(35)41)29-32-48(46)54(49-27-14-25-45-44-23-10-12-28-51(44)55-52(45)49)39-30-31-43-42-22-9-11-26-47(42)53(50(43)34-39)38-19-5-2-6-20-38/h1-34H. The Kier molecular flexibility index (Phi) is 7.17. The van der Waals surface area contributed by atoms with Gasteiger partial charge in [-0.05, 0) is 82.1 Å². The lowest BCUT2D eigenvalue weighted by molar-refractivity contribution is 0.669. The van der Waals surface area contributed by atoms with Crippen LogP contribution in [0.25, 0.3) is 82.5 Å². The number of para-hydroxylation sites is 4. The molecule has 0 saturated heterocycles. The van der Waals surface area contributed by atoms with Crippen LogP contribution in [-0.4, -0.2) is 4.57 Å². The summed E-state index contributed by atoms with van der Waals surface area (Å²) in [6.07, 6.45) is 0. The molecule has 0 radical (unpaired) electrons. The van der Waals surface area contributed by atoms with Crippen LogP contribution >= 0.6 is 0 Å². The number of fused-ring (bicyclic) bond motifs is 7. The van der Waals surface area contributed by atoms with Gasteiger partial charge in [0.15, 0.2) is 5.58 Å². The van der Waals surface area contributed by atoms with Crippen molar-refractivity contribution in [2.45, 2.75) is 0 Å². The van der Waals surface area contributed by atoms with Gasteiger partial charge in [-0.1, -0.05) is 152 Å². The first-order valence-electron chi connectivity index (χ1n) is 18.8. The fourth-order valence-electron chi connectivity index (χ4n) is 8.49. The van der Waals surface area contributed by atoms with Gasteiger partial charge in [-0.2, -0.15) is 0 Å². The highest BCUT2D eigenvalue weighted by Gasteiger charge is 2.24. The zero-order valence-electron chi connectivity index (χ0n) is 29.9. The topological polar surface area (TPSA) is 21.3 Å². The maximum absolute atomic E-state index is 6.78. The van der Waals surface area contributed by atoms with Gasteiger partial charge in [0.2, 0.25) is 0 Å². The van der Waals surface area contributed by atoms with E-state index in [0.29, 0.717) is 0 Å². The summed E-state index contributed by atoms with van der Waals surface area (Å²) in [7, 11) is 0. The smallest absolute Gasteiger partial charge is 0.159 e. The van der Waals surface area contributed by atoms with Gasteiger partial charge in [-0.3, -0.25) is 0 Å². The molecule has 0 bridgehead atoms. The highest BCUT2D eigenvalue weighted by atomic mass is 16.3. The molecular weight excluding hydrogens is 669 g/mol. The van der Waals surface area contributed by atoms with E-state index in [0.717, 1.165) is 61.3 Å². The predicted octanol–water partition coefficient (Wildman–Crippen LogP) is 14.6. The fourth-order valence-corrected chi connectivity index (χ4v) is 8.49. The van der Waals surface area contributed by atoms with Gasteiger partial charge in [0.25, 0.3) is 0 Å². The molecule has 0 N–H and O–H groups in total. The SMILES string of the molecule is c1ccc(-c2cc(-c3cccc4ccccc34)ccc2N(c2ccc3c4ccccc4n(-c4ccccc4)c3c2)c2cccc3c2oc2ccccc23)cc1. The molecule has 11 aromatic rings. The first kappa shape index (κ1) is 31.2. The van der Waals surface area contributed by atoms with Gasteiger partial charge in [-0.25, -0.2) is 0 Å². The van der Waals surface area contributed by atoms with Crippen LogP contribution in [0.2, 0.25) is 0 Å². The molecule has 11 rings (SSSR count). The van der Waals surface area contributed by atoms with Gasteiger partial charge >= 0.3 is 0 Å². The Hall–Kier alpha value is -7.36. The summed E-state index contributed by atoms with van der Waals surface area (Å²) in [5.74, 6) is 0. The highest BCUT2D eigenvalue weighted by molar-refractivity contribution is 6.13. The van der Waals surface area contributed by atoms with Gasteiger partial charge in [0, 0.05) is 38.5 Å². The molecule has 3 nitrogen and oxygen atoms in total. The zero-order valence-corrected chi connectivity index (χ0v) is 29.9. The predicted molar refractivity (Wildman–Crippen MR) is 231 cm³/mol. The minimum absolute atomic E-state index is 0.851. The zero-order chi connectivity index (χ0) is 36.3. The van der Waals surface area contributed by atoms with Crippen LogP contribution in [0.3, 0.4) is 0 Å². The van der Waals surface area contributed by atoms with Crippen molar-refractivity contribution in [2.75, 3.05) is 4.90 Å². The lowest BCUT2D eigenvalue weighted by Gasteiger charge is -2.28. The van der Waals surface area contributed by atoms with E-state index < -0.39 is 0 Å². The van der Waals surface area contributed by atoms with Gasteiger partial charge in [0.1, 0.15) is 5.58 Å². The third-order valence-electron chi connectivity index (χ3n) is 11.0. The molecule has 0 saturated carbocycles. The summed E-state index contributed by atoms with van der Waals surface area (Å²) in [5, 5.41) is 7.09. The van der Waals surface area contributed by atoms with Crippen molar-refractivity contribution < 1.29 is 4.42 Å². The number of benzene rings is 9. The second kappa shape index (κ2) is 12.6. The molecule has 0 atom stereocenters. The molecule has 0 amide bonds. The summed E-state index contributed by atoms with van der Waals surface area (Å²) >= 11 is 0. The van der Waals surface area contributed by atoms with E-state index in [4.69, 9.17) is 4.42 Å². The minimum atomic E-state index is 0.851. The monoisotopic (exact) mass is 702 g/mol. The average molecular weight is 703 g/mol. The summed E-state index contributed by atoms with van der Waals surface area (Å²) in [6, 6.07) is 74.0. The van der Waals surface area contributed by atoms with E-state index in [-0.39, 0.29) is 0 Å². The van der Waals surface area contributed by atoms with E-state index in [1.807, 2.05) is 6.07 Å². The van der Waals surface area contributed by atoms with E-state index in [1.165, 1.54) is 38.2 Å². The number of anilines is 3. The van der Waals surface area contributed by atoms with Crippen LogP contribution in [0.1, 0.15) is 0 Å². The summed E-state index contributed by atoms with van der Waals surface area (Å²) < 4.78 is 9.16. The van der Waals surface area contributed by atoms with Crippen molar-refractivity contribution in [3.8, 4) is 27.9 Å². The van der Waals surface area contributed by atoms with E-state index in [1.54, 1.807) is 0 Å². The van der Waals surface area contributed by atoms with Crippen LogP contribution in [0.4, 0.5) is 17.1 Å². The molecule has 0 aliphatic rings. The van der Waals surface area contributed by atoms with Crippen molar-refractivity contribution in [1.29, 1.82) is 0 Å². The lowest BCUT2D eigenvalue weighted by atomic mass is 9.93. The molecule has 0 fully saturated rings. The van der Waals surface area contributed by atoms with E-state index in [9.17, 15) is 0 Å². The second-order valence-electron chi connectivity index (χ2n) is 14.1. The van der Waals surface area contributed by atoms with E-state index in [2.05, 4.69) is 210 Å². The number of furan rings is 1. The van der Waals surface area contributed by atoms with Crippen LogP contribution in [0.15, 0.2) is 211 Å². The first-order valence-corrected chi connectivity index (χ1v) is 18.8. The Morgan fingerprint density at radius 3 is 1.93 bits per heavy atom. The first-order chi connectivity index (χ1) is 27.3. The molecule has 0 unspecified atom stereocenters. The maximum atomic E-state index is 6.78. The quantitative estimate of drug-likeness (QED) is 0.172. The van der Waals surface area contributed by atoms with E-state index >= 15 is 0 Å². The summed E-state index contributed by atoms with van der Waals surface area (Å²) in [4.78, 5) is 2.40. The second-order valence-corrected chi connectivity index (χ2v) is 14.1. The number of hydrogen-bond donors (Lipinski definition) is 0. The molecule has 3 heteroatoms. The minimum Gasteiger partial charge on any atom is -0.454 e. The van der Waals surface area contributed by atoms with Crippen molar-refractivity contribution in [1.82, 2.24) is 4.57 Å². The Bertz CT molecular complexity index is 3200. The van der Waals surface area contributed by atoms with Gasteiger partial charge < -0.3 is 13.9 Å². The van der Waals surface area contributed by atoms with Crippen molar-refractivity contribution in [2.24, 2.45) is 0 Å². The van der Waals surface area contributed by atoms with Gasteiger partial charge in [-0.15, -0.1) is 0 Å². The highest BCUT2D eigenvalue weighted by Crippen LogP contribution is 2.48. The van der Waals surface area contributed by atoms with Crippen LogP contribution < -0.4 is 4.90 Å². The number of hydrogen-bond acceptors (Lipinski definition) is 2. The third kappa shape index (κ3) is 5.05. The average Bonchev–Trinajstić information content (AvgIpc) is 3.80. The Balaban J connectivity index is 1.23. The Morgan fingerprint density at radius 2 is 1.05 bits per heavy atom. The normalized spacial score (nSPS) is 11.6. The van der Waals surface area contributed by atoms with Crippen molar-refractivity contribution in [3.63, 3.8) is 0 Å². The number of rotatable bonds is 6. The lowest BCUT2D eigenvalue weighted by Crippen LogP contribution is -2.12. The number of nitrogens with zero attached hydrogens (tertiary/aromatic N) is 2. The maximum Gasteiger partial charge on any atom is 0.159 e. The summed E-state index contributed by atoms with van der Waals surface area (Å²) in [6.45, 7) is 0. The molecule has 0 aliphatic heterocycles.